The zero-order valence-corrected chi connectivity index (χ0v) is 24.1. The van der Waals surface area contributed by atoms with Crippen molar-refractivity contribution in [3.8, 4) is 0 Å². The molecule has 0 amide bonds. The Hall–Kier alpha value is -4.50. The molecule has 0 bridgehead atoms. The molecule has 0 spiro atoms. The maximum atomic E-state index is 11.2. The summed E-state index contributed by atoms with van der Waals surface area (Å²) in [5.74, 6) is 0.699. The third-order valence-corrected chi connectivity index (χ3v) is 8.45. The number of hydroxylamine groups is 1. The number of tetrazole rings is 1. The zero-order chi connectivity index (χ0) is 30.2. The number of rotatable bonds is 9. The molecule has 2 fully saturated rings. The lowest BCUT2D eigenvalue weighted by Gasteiger charge is -2.24. The van der Waals surface area contributed by atoms with Gasteiger partial charge >= 0.3 is 0 Å². The Balaban J connectivity index is 1.26. The minimum atomic E-state index is -1.34. The molecule has 0 radical (unpaired) electrons. The third-order valence-electron chi connectivity index (χ3n) is 8.45. The van der Waals surface area contributed by atoms with Gasteiger partial charge in [-0.15, -0.1) is 10.2 Å². The van der Waals surface area contributed by atoms with Gasteiger partial charge in [0.15, 0.2) is 29.3 Å². The second-order valence-corrected chi connectivity index (χ2v) is 11.3. The van der Waals surface area contributed by atoms with Gasteiger partial charge < -0.3 is 20.3 Å². The van der Waals surface area contributed by atoms with Gasteiger partial charge in [0.25, 0.3) is 5.95 Å². The van der Waals surface area contributed by atoms with E-state index in [4.69, 9.17) is 14.7 Å². The first kappa shape index (κ1) is 28.3. The van der Waals surface area contributed by atoms with Crippen LogP contribution in [-0.2, 0) is 11.8 Å². The van der Waals surface area contributed by atoms with E-state index in [1.807, 2.05) is 36.4 Å². The number of nitrogens with zero attached hydrogens (tertiary/aromatic N) is 9. The molecule has 44 heavy (non-hydrogen) atoms. The van der Waals surface area contributed by atoms with Crippen LogP contribution in [0.15, 0.2) is 67.0 Å². The van der Waals surface area contributed by atoms with Crippen molar-refractivity contribution < 1.29 is 20.2 Å². The van der Waals surface area contributed by atoms with E-state index in [0.717, 1.165) is 41.9 Å². The molecule has 2 aliphatic rings. The molecule has 7 rings (SSSR count). The maximum absolute atomic E-state index is 11.2. The van der Waals surface area contributed by atoms with E-state index in [9.17, 15) is 15.4 Å². The zero-order valence-electron chi connectivity index (χ0n) is 24.1. The van der Waals surface area contributed by atoms with Gasteiger partial charge in [-0.1, -0.05) is 73.5 Å². The van der Waals surface area contributed by atoms with Crippen LogP contribution in [0.4, 0.5) is 11.8 Å². The monoisotopic (exact) mass is 598 g/mol. The fourth-order valence-corrected chi connectivity index (χ4v) is 6.14. The van der Waals surface area contributed by atoms with E-state index in [-0.39, 0.29) is 23.7 Å². The maximum Gasteiger partial charge on any atom is 0.253 e. The molecule has 1 saturated carbocycles. The number of hydrogen-bond donors (Lipinski definition) is 4. The van der Waals surface area contributed by atoms with Crippen LogP contribution in [0.1, 0.15) is 60.9 Å². The van der Waals surface area contributed by atoms with E-state index in [2.05, 4.69) is 50.0 Å². The lowest BCUT2D eigenvalue weighted by molar-refractivity contribution is -0.0384. The highest BCUT2D eigenvalue weighted by atomic mass is 16.6. The smallest absolute Gasteiger partial charge is 0.253 e. The average Bonchev–Trinajstić information content (AvgIpc) is 3.87. The van der Waals surface area contributed by atoms with Crippen LogP contribution in [0.5, 0.6) is 0 Å². The van der Waals surface area contributed by atoms with Gasteiger partial charge in [0.05, 0.1) is 19.4 Å². The van der Waals surface area contributed by atoms with Gasteiger partial charge in [-0.3, -0.25) is 9.77 Å². The molecular weight excluding hydrogens is 564 g/mol. The molecule has 14 heteroatoms. The summed E-state index contributed by atoms with van der Waals surface area (Å²) in [6.07, 6.45) is 0.458. The number of nitrogens with one attached hydrogen (secondary N) is 1. The molecule has 2 aromatic carbocycles. The Morgan fingerprint density at radius 2 is 1.66 bits per heavy atom. The standard InChI is InChI=1S/C30H34N10O4/c1-38-36-27(35-37-38)25-23(41)24(42)29(44-25)39-17-32-22-26(33-30(34-28(22)39)40(43)20-14-8-9-15-20)31-16-21(18-10-4-2-5-11-18)19-12-6-3-7-13-19/h2-7,10-13,17,20-21,23-25,29,41-43H,8-9,14-16H2,1H3,(H,31,33,34)/t23-,24+,25-,29+/m0/s1. The van der Waals surface area contributed by atoms with Crippen molar-refractivity contribution in [2.24, 2.45) is 7.05 Å². The van der Waals surface area contributed by atoms with Crippen molar-refractivity contribution in [2.45, 2.75) is 62.2 Å². The number of fused-ring (bicyclic) bond motifs is 1. The lowest BCUT2D eigenvalue weighted by atomic mass is 9.91. The van der Waals surface area contributed by atoms with Gasteiger partial charge in [0, 0.05) is 12.5 Å². The molecule has 5 aromatic rings. The van der Waals surface area contributed by atoms with Crippen LogP contribution in [-0.4, -0.2) is 79.9 Å². The third kappa shape index (κ3) is 5.26. The number of imidazole rings is 1. The molecule has 1 aliphatic heterocycles. The molecule has 4 N–H and O–H groups in total. The highest BCUT2D eigenvalue weighted by molar-refractivity contribution is 5.84. The molecule has 4 atom stereocenters. The lowest BCUT2D eigenvalue weighted by Crippen LogP contribution is -2.32. The second kappa shape index (κ2) is 11.9. The Morgan fingerprint density at radius 1 is 0.977 bits per heavy atom. The fourth-order valence-electron chi connectivity index (χ4n) is 6.14. The minimum Gasteiger partial charge on any atom is -0.387 e. The highest BCUT2D eigenvalue weighted by Gasteiger charge is 2.47. The molecular formula is C30H34N10O4. The van der Waals surface area contributed by atoms with Crippen molar-refractivity contribution in [3.05, 3.63) is 83.9 Å². The van der Waals surface area contributed by atoms with Crippen LogP contribution >= 0.6 is 0 Å². The van der Waals surface area contributed by atoms with E-state index in [1.54, 1.807) is 11.6 Å². The summed E-state index contributed by atoms with van der Waals surface area (Å²) in [6, 6.07) is 20.3. The van der Waals surface area contributed by atoms with E-state index in [0.29, 0.717) is 23.5 Å². The summed E-state index contributed by atoms with van der Waals surface area (Å²) in [7, 11) is 1.60. The first-order valence-corrected chi connectivity index (χ1v) is 14.8. The number of benzene rings is 2. The number of aromatic nitrogens is 8. The predicted octanol–water partition coefficient (Wildman–Crippen LogP) is 2.72. The SMILES string of the molecule is Cn1nnc([C@H]2O[C@@H](n3cnc4c(NCC(c5ccccc5)c5ccccc5)nc(N(O)C5CCCC5)nc43)[C@H](O)[C@@H]2O)n1. The summed E-state index contributed by atoms with van der Waals surface area (Å²) in [5, 5.41) is 49.6. The molecule has 4 heterocycles. The summed E-state index contributed by atoms with van der Waals surface area (Å²) in [4.78, 5) is 15.3. The van der Waals surface area contributed by atoms with Crippen molar-refractivity contribution in [3.63, 3.8) is 0 Å². The first-order chi connectivity index (χ1) is 21.5. The average molecular weight is 599 g/mol. The van der Waals surface area contributed by atoms with Crippen molar-refractivity contribution in [1.82, 2.24) is 39.7 Å². The summed E-state index contributed by atoms with van der Waals surface area (Å²) < 4.78 is 7.63. The number of aryl methyl sites for hydroxylation is 1. The molecule has 1 saturated heterocycles. The van der Waals surface area contributed by atoms with Crippen molar-refractivity contribution in [1.29, 1.82) is 0 Å². The van der Waals surface area contributed by atoms with Crippen LogP contribution in [0.2, 0.25) is 0 Å². The summed E-state index contributed by atoms with van der Waals surface area (Å²) in [6.45, 7) is 0.489. The molecule has 14 nitrogen and oxygen atoms in total. The quantitative estimate of drug-likeness (QED) is 0.183. The normalized spacial score (nSPS) is 22.3. The number of aliphatic hydroxyl groups is 2. The minimum absolute atomic E-state index is 0.00314. The first-order valence-electron chi connectivity index (χ1n) is 14.8. The van der Waals surface area contributed by atoms with Crippen LogP contribution in [0, 0.1) is 0 Å². The second-order valence-electron chi connectivity index (χ2n) is 11.3. The van der Waals surface area contributed by atoms with Gasteiger partial charge in [-0.25, -0.2) is 10.0 Å². The Labute approximate surface area is 252 Å². The summed E-state index contributed by atoms with van der Waals surface area (Å²) >= 11 is 0. The fraction of sp³-hybridized carbons (Fsp3) is 0.400. The predicted molar refractivity (Wildman–Crippen MR) is 159 cm³/mol. The van der Waals surface area contributed by atoms with Crippen LogP contribution in [0.3, 0.4) is 0 Å². The van der Waals surface area contributed by atoms with Crippen molar-refractivity contribution >= 4 is 22.9 Å². The van der Waals surface area contributed by atoms with Gasteiger partial charge in [-0.2, -0.15) is 14.8 Å². The molecule has 1 aliphatic carbocycles. The van der Waals surface area contributed by atoms with Crippen molar-refractivity contribution in [2.75, 3.05) is 16.9 Å². The summed E-state index contributed by atoms with van der Waals surface area (Å²) in [5.41, 5.74) is 3.03. The van der Waals surface area contributed by atoms with Gasteiger partial charge in [0.2, 0.25) is 5.82 Å². The number of hydrogen-bond acceptors (Lipinski definition) is 12. The molecule has 228 valence electrons. The Kier molecular flexibility index (Phi) is 7.64. The van der Waals surface area contributed by atoms with Crippen LogP contribution in [0.25, 0.3) is 11.2 Å². The Bertz CT molecular complexity index is 1670. The van der Waals surface area contributed by atoms with Crippen LogP contribution < -0.4 is 10.4 Å². The number of aliphatic hydroxyl groups excluding tert-OH is 2. The number of anilines is 2. The molecule has 3 aromatic heterocycles. The topological polar surface area (TPSA) is 172 Å². The Morgan fingerprint density at radius 3 is 2.30 bits per heavy atom. The largest absolute Gasteiger partial charge is 0.387 e. The van der Waals surface area contributed by atoms with E-state index in [1.165, 1.54) is 11.1 Å². The van der Waals surface area contributed by atoms with E-state index < -0.39 is 24.5 Å². The van der Waals surface area contributed by atoms with Gasteiger partial charge in [0.1, 0.15) is 12.2 Å². The molecule has 0 unspecified atom stereocenters. The highest BCUT2D eigenvalue weighted by Crippen LogP contribution is 2.39. The van der Waals surface area contributed by atoms with E-state index >= 15 is 0 Å². The number of ether oxygens (including phenoxy) is 1. The van der Waals surface area contributed by atoms with Gasteiger partial charge in [-0.05, 0) is 29.2 Å².